The Bertz CT molecular complexity index is 514. The highest BCUT2D eigenvalue weighted by Gasteiger charge is 2.28. The summed E-state index contributed by atoms with van der Waals surface area (Å²) in [5, 5.41) is 4.07. The molecule has 6 heteroatoms. The highest BCUT2D eigenvalue weighted by Crippen LogP contribution is 2.38. The van der Waals surface area contributed by atoms with Gasteiger partial charge in [0.05, 0.1) is 0 Å². The molecule has 2 N–H and O–H groups in total. The quantitative estimate of drug-likeness (QED) is 0.803. The molecule has 1 saturated carbocycles. The van der Waals surface area contributed by atoms with Crippen LogP contribution in [0.4, 0.5) is 5.82 Å². The van der Waals surface area contributed by atoms with Crippen LogP contribution >= 0.6 is 0 Å². The second kappa shape index (κ2) is 3.26. The molecule has 0 bridgehead atoms. The van der Waals surface area contributed by atoms with Crippen LogP contribution in [-0.2, 0) is 0 Å². The van der Waals surface area contributed by atoms with E-state index in [0.717, 1.165) is 30.0 Å². The van der Waals surface area contributed by atoms with Crippen LogP contribution in [0.15, 0.2) is 12.7 Å². The van der Waals surface area contributed by atoms with Gasteiger partial charge in [0.25, 0.3) is 0 Å². The van der Waals surface area contributed by atoms with Gasteiger partial charge in [0.15, 0.2) is 5.82 Å². The normalized spacial score (nSPS) is 15.3. The summed E-state index contributed by atoms with van der Waals surface area (Å²) in [7, 11) is 0. The van der Waals surface area contributed by atoms with E-state index in [9.17, 15) is 0 Å². The average molecular weight is 216 g/mol. The van der Waals surface area contributed by atoms with Gasteiger partial charge in [-0.15, -0.1) is 0 Å². The van der Waals surface area contributed by atoms with Crippen molar-refractivity contribution in [3.05, 3.63) is 24.0 Å². The summed E-state index contributed by atoms with van der Waals surface area (Å²) >= 11 is 0. The molecule has 0 aliphatic heterocycles. The highest BCUT2D eigenvalue weighted by atomic mass is 15.3. The van der Waals surface area contributed by atoms with Crippen molar-refractivity contribution in [2.24, 2.45) is 0 Å². The van der Waals surface area contributed by atoms with E-state index in [-0.39, 0.29) is 0 Å². The molecule has 3 rings (SSSR count). The second-order valence-electron chi connectivity index (χ2n) is 4.03. The van der Waals surface area contributed by atoms with E-state index < -0.39 is 0 Å². The number of aromatic nitrogens is 5. The van der Waals surface area contributed by atoms with Gasteiger partial charge in [-0.05, 0) is 19.8 Å². The Labute approximate surface area is 92.5 Å². The SMILES string of the molecule is Cc1c(N)nc(C2CC2)nc1-n1cncn1. The first kappa shape index (κ1) is 9.26. The van der Waals surface area contributed by atoms with E-state index in [0.29, 0.717) is 11.7 Å². The van der Waals surface area contributed by atoms with Crippen LogP contribution in [-0.4, -0.2) is 24.7 Å². The first-order valence-electron chi connectivity index (χ1n) is 5.24. The molecule has 82 valence electrons. The molecule has 0 atom stereocenters. The summed E-state index contributed by atoms with van der Waals surface area (Å²) in [6.07, 6.45) is 5.40. The van der Waals surface area contributed by atoms with Gasteiger partial charge < -0.3 is 5.73 Å². The van der Waals surface area contributed by atoms with Crippen LogP contribution in [0.3, 0.4) is 0 Å². The van der Waals surface area contributed by atoms with E-state index in [4.69, 9.17) is 5.73 Å². The Morgan fingerprint density at radius 1 is 1.38 bits per heavy atom. The first-order chi connectivity index (χ1) is 7.75. The third-order valence-corrected chi connectivity index (χ3v) is 2.75. The molecule has 2 heterocycles. The predicted molar refractivity (Wildman–Crippen MR) is 58.1 cm³/mol. The van der Waals surface area contributed by atoms with Crippen molar-refractivity contribution < 1.29 is 0 Å². The summed E-state index contributed by atoms with van der Waals surface area (Å²) < 4.78 is 1.62. The molecule has 0 radical (unpaired) electrons. The lowest BCUT2D eigenvalue weighted by Gasteiger charge is -2.08. The van der Waals surface area contributed by atoms with Crippen molar-refractivity contribution >= 4 is 5.82 Å². The maximum absolute atomic E-state index is 5.88. The maximum atomic E-state index is 5.88. The van der Waals surface area contributed by atoms with E-state index in [1.165, 1.54) is 6.33 Å². The average Bonchev–Trinajstić information content (AvgIpc) is 2.98. The van der Waals surface area contributed by atoms with Gasteiger partial charge in [-0.2, -0.15) is 5.10 Å². The molecule has 2 aromatic rings. The molecule has 0 unspecified atom stereocenters. The molecule has 2 aromatic heterocycles. The molecule has 16 heavy (non-hydrogen) atoms. The van der Waals surface area contributed by atoms with Gasteiger partial charge in [-0.3, -0.25) is 0 Å². The molecule has 1 aliphatic rings. The topological polar surface area (TPSA) is 82.5 Å². The van der Waals surface area contributed by atoms with Gasteiger partial charge in [-0.25, -0.2) is 19.6 Å². The summed E-state index contributed by atoms with van der Waals surface area (Å²) in [6.45, 7) is 1.89. The number of nitrogens with zero attached hydrogens (tertiary/aromatic N) is 5. The molecule has 0 amide bonds. The van der Waals surface area contributed by atoms with Crippen LogP contribution in [0.5, 0.6) is 0 Å². The van der Waals surface area contributed by atoms with E-state index >= 15 is 0 Å². The summed E-state index contributed by atoms with van der Waals surface area (Å²) in [5.74, 6) is 2.56. The van der Waals surface area contributed by atoms with Crippen molar-refractivity contribution in [2.75, 3.05) is 5.73 Å². The zero-order chi connectivity index (χ0) is 11.1. The fraction of sp³-hybridized carbons (Fsp3) is 0.400. The van der Waals surface area contributed by atoms with E-state index in [2.05, 4.69) is 20.1 Å². The molecular weight excluding hydrogens is 204 g/mol. The highest BCUT2D eigenvalue weighted by molar-refractivity contribution is 5.48. The van der Waals surface area contributed by atoms with Crippen LogP contribution in [0.1, 0.15) is 30.1 Å². The van der Waals surface area contributed by atoms with Crippen molar-refractivity contribution in [1.82, 2.24) is 24.7 Å². The van der Waals surface area contributed by atoms with Gasteiger partial charge in [0.2, 0.25) is 0 Å². The Hall–Kier alpha value is -1.98. The van der Waals surface area contributed by atoms with Gasteiger partial charge in [-0.1, -0.05) is 0 Å². The molecule has 0 aromatic carbocycles. The Kier molecular flexibility index (Phi) is 1.89. The number of hydrogen-bond acceptors (Lipinski definition) is 5. The molecule has 6 nitrogen and oxygen atoms in total. The molecule has 0 saturated heterocycles. The zero-order valence-corrected chi connectivity index (χ0v) is 8.96. The third-order valence-electron chi connectivity index (χ3n) is 2.75. The van der Waals surface area contributed by atoms with Crippen molar-refractivity contribution in [1.29, 1.82) is 0 Å². The summed E-state index contributed by atoms with van der Waals surface area (Å²) in [6, 6.07) is 0. The third kappa shape index (κ3) is 1.42. The number of nitrogen functional groups attached to an aromatic ring is 1. The van der Waals surface area contributed by atoms with Crippen LogP contribution in [0.25, 0.3) is 5.82 Å². The molecule has 1 aliphatic carbocycles. The minimum Gasteiger partial charge on any atom is -0.383 e. The standard InChI is InChI=1S/C10H12N6/c1-6-8(11)14-9(7-2-3-7)15-10(6)16-5-12-4-13-16/h4-5,7H,2-3H2,1H3,(H2,11,14,15). The minimum atomic E-state index is 0.477. The number of rotatable bonds is 2. The van der Waals surface area contributed by atoms with Gasteiger partial charge >= 0.3 is 0 Å². The number of hydrogen-bond donors (Lipinski definition) is 1. The minimum absolute atomic E-state index is 0.477. The molecule has 1 fully saturated rings. The van der Waals surface area contributed by atoms with Crippen molar-refractivity contribution in [3.8, 4) is 5.82 Å². The van der Waals surface area contributed by atoms with E-state index in [1.807, 2.05) is 6.92 Å². The lowest BCUT2D eigenvalue weighted by molar-refractivity contribution is 0.801. The lowest BCUT2D eigenvalue weighted by atomic mass is 10.3. The van der Waals surface area contributed by atoms with E-state index in [1.54, 1.807) is 11.0 Å². The van der Waals surface area contributed by atoms with Crippen LogP contribution in [0.2, 0.25) is 0 Å². The Morgan fingerprint density at radius 3 is 2.81 bits per heavy atom. The van der Waals surface area contributed by atoms with Crippen LogP contribution in [0, 0.1) is 6.92 Å². The monoisotopic (exact) mass is 216 g/mol. The predicted octanol–water partition coefficient (Wildman–Crippen LogP) is 0.825. The summed E-state index contributed by atoms with van der Waals surface area (Å²) in [4.78, 5) is 12.7. The zero-order valence-electron chi connectivity index (χ0n) is 8.96. The maximum Gasteiger partial charge on any atom is 0.163 e. The fourth-order valence-corrected chi connectivity index (χ4v) is 1.60. The second-order valence-corrected chi connectivity index (χ2v) is 4.03. The number of nitrogens with two attached hydrogens (primary N) is 1. The number of anilines is 1. The molecular formula is C10H12N6. The molecule has 0 spiro atoms. The lowest BCUT2D eigenvalue weighted by Crippen LogP contribution is -2.09. The summed E-state index contributed by atoms with van der Waals surface area (Å²) in [5.41, 5.74) is 6.72. The first-order valence-corrected chi connectivity index (χ1v) is 5.24. The van der Waals surface area contributed by atoms with Gasteiger partial charge in [0.1, 0.15) is 24.3 Å². The van der Waals surface area contributed by atoms with Gasteiger partial charge in [0, 0.05) is 11.5 Å². The van der Waals surface area contributed by atoms with Crippen molar-refractivity contribution in [3.63, 3.8) is 0 Å². The van der Waals surface area contributed by atoms with Crippen LogP contribution < -0.4 is 5.73 Å². The fourth-order valence-electron chi connectivity index (χ4n) is 1.60. The Balaban J connectivity index is 2.15. The largest absolute Gasteiger partial charge is 0.383 e. The Morgan fingerprint density at radius 2 is 2.19 bits per heavy atom. The van der Waals surface area contributed by atoms with Crippen molar-refractivity contribution in [2.45, 2.75) is 25.7 Å². The smallest absolute Gasteiger partial charge is 0.163 e.